The number of hydrogen-bond donors (Lipinski definition) is 2. The van der Waals surface area contributed by atoms with E-state index in [1.54, 1.807) is 0 Å². The smallest absolute Gasteiger partial charge is 0.128 e. The lowest BCUT2D eigenvalue weighted by atomic mass is 10.0. The molecule has 1 aliphatic heterocycles. The highest BCUT2D eigenvalue weighted by Gasteiger charge is 2.12. The Labute approximate surface area is 198 Å². The number of nitrogens with two attached hydrogens (primary N) is 1. The molecule has 152 valence electrons. The second kappa shape index (κ2) is 12.0. The van der Waals surface area contributed by atoms with Crippen LogP contribution in [0.3, 0.4) is 0 Å². The topological polar surface area (TPSA) is 62.8 Å². The van der Waals surface area contributed by atoms with Gasteiger partial charge in [0.15, 0.2) is 0 Å². The minimum absolute atomic E-state index is 0. The van der Waals surface area contributed by atoms with E-state index in [1.165, 1.54) is 0 Å². The normalized spacial score (nSPS) is 15.3. The molecule has 0 aliphatic carbocycles. The van der Waals surface area contributed by atoms with Gasteiger partial charge in [-0.3, -0.25) is 4.99 Å². The fourth-order valence-corrected chi connectivity index (χ4v) is 3.07. The minimum Gasteiger partial charge on any atom is -0.370 e. The van der Waals surface area contributed by atoms with Gasteiger partial charge in [-0.2, -0.15) is 5.10 Å². The zero-order valence-electron chi connectivity index (χ0n) is 15.8. The lowest BCUT2D eigenvalue weighted by molar-refractivity contribution is 0.750. The van der Waals surface area contributed by atoms with Crippen molar-refractivity contribution in [3.63, 3.8) is 0 Å². The number of rotatable bonds is 5. The van der Waals surface area contributed by atoms with Gasteiger partial charge in [-0.15, -0.1) is 24.0 Å². The maximum Gasteiger partial charge on any atom is 0.128 e. The van der Waals surface area contributed by atoms with Gasteiger partial charge in [0, 0.05) is 28.7 Å². The van der Waals surface area contributed by atoms with Crippen molar-refractivity contribution in [2.75, 3.05) is 13.1 Å². The SMILES string of the molecule is I.NN=C(C=Cc1ccc(Cl)cc1)C=C(C1=NCCCCN1)c1ccc(Cl)cc1. The molecule has 2 aromatic carbocycles. The maximum absolute atomic E-state index is 6.06. The Hall–Kier alpha value is -1.83. The molecule has 0 spiro atoms. The Morgan fingerprint density at radius 2 is 1.66 bits per heavy atom. The number of nitrogens with zero attached hydrogens (tertiary/aromatic N) is 2. The van der Waals surface area contributed by atoms with Gasteiger partial charge in [-0.1, -0.05) is 53.5 Å². The number of aliphatic imine (C=N–C) groups is 1. The first-order chi connectivity index (χ1) is 13.7. The van der Waals surface area contributed by atoms with E-state index < -0.39 is 0 Å². The van der Waals surface area contributed by atoms with Gasteiger partial charge in [0.2, 0.25) is 0 Å². The number of hydrazone groups is 1. The van der Waals surface area contributed by atoms with E-state index >= 15 is 0 Å². The van der Waals surface area contributed by atoms with E-state index in [0.717, 1.165) is 48.5 Å². The second-order valence-electron chi connectivity index (χ2n) is 6.37. The number of allylic oxidation sites excluding steroid dienone is 2. The number of hydrogen-bond acceptors (Lipinski definition) is 4. The maximum atomic E-state index is 6.06. The summed E-state index contributed by atoms with van der Waals surface area (Å²) >= 11 is 12.0. The van der Waals surface area contributed by atoms with Crippen LogP contribution in [-0.2, 0) is 0 Å². The molecule has 3 N–H and O–H groups in total. The molecule has 0 atom stereocenters. The monoisotopic (exact) mass is 540 g/mol. The van der Waals surface area contributed by atoms with Crippen molar-refractivity contribution < 1.29 is 0 Å². The fraction of sp³-hybridized carbons (Fsp3) is 0.182. The first-order valence-electron chi connectivity index (χ1n) is 9.13. The Kier molecular flexibility index (Phi) is 9.70. The molecular formula is C22H23Cl2IN4. The van der Waals surface area contributed by atoms with Crippen LogP contribution in [0.25, 0.3) is 11.6 Å². The van der Waals surface area contributed by atoms with Gasteiger partial charge < -0.3 is 11.2 Å². The summed E-state index contributed by atoms with van der Waals surface area (Å²) < 4.78 is 0. The van der Waals surface area contributed by atoms with Gasteiger partial charge in [0.1, 0.15) is 5.84 Å². The molecule has 7 heteroatoms. The third-order valence-corrected chi connectivity index (χ3v) is 4.82. The van der Waals surface area contributed by atoms with Crippen molar-refractivity contribution in [1.29, 1.82) is 0 Å². The first-order valence-corrected chi connectivity index (χ1v) is 9.89. The van der Waals surface area contributed by atoms with Crippen LogP contribution in [0.2, 0.25) is 10.0 Å². The molecule has 0 fully saturated rings. The van der Waals surface area contributed by atoms with Crippen LogP contribution in [0.1, 0.15) is 24.0 Å². The van der Waals surface area contributed by atoms with Crippen LogP contribution in [0.4, 0.5) is 0 Å². The molecule has 29 heavy (non-hydrogen) atoms. The van der Waals surface area contributed by atoms with Crippen molar-refractivity contribution in [3.05, 3.63) is 81.9 Å². The van der Waals surface area contributed by atoms with Crippen molar-refractivity contribution in [2.45, 2.75) is 12.8 Å². The fourth-order valence-electron chi connectivity index (χ4n) is 2.82. The Morgan fingerprint density at radius 1 is 1.00 bits per heavy atom. The second-order valence-corrected chi connectivity index (χ2v) is 7.24. The lowest BCUT2D eigenvalue weighted by Gasteiger charge is -2.12. The Bertz CT molecular complexity index is 917. The largest absolute Gasteiger partial charge is 0.370 e. The standard InChI is InChI=1S/C22H22Cl2N4.HI/c23-18-8-3-16(4-9-18)5-12-20(28-25)15-21(17-6-10-19(24)11-7-17)22-26-13-1-2-14-27-22;/h3-12,15H,1-2,13-14,25H2,(H,26,27);1H. The summed E-state index contributed by atoms with van der Waals surface area (Å²) in [6.07, 6.45) is 7.91. The summed E-state index contributed by atoms with van der Waals surface area (Å²) in [5.41, 5.74) is 3.58. The zero-order chi connectivity index (χ0) is 19.8. The summed E-state index contributed by atoms with van der Waals surface area (Å²) in [7, 11) is 0. The van der Waals surface area contributed by atoms with E-state index in [2.05, 4.69) is 10.4 Å². The van der Waals surface area contributed by atoms with Crippen molar-refractivity contribution in [1.82, 2.24) is 5.32 Å². The van der Waals surface area contributed by atoms with Crippen molar-refractivity contribution in [3.8, 4) is 0 Å². The molecule has 0 bridgehead atoms. The lowest BCUT2D eigenvalue weighted by Crippen LogP contribution is -2.25. The summed E-state index contributed by atoms with van der Waals surface area (Å²) in [4.78, 5) is 4.71. The quantitative estimate of drug-likeness (QED) is 0.218. The first kappa shape index (κ1) is 23.4. The summed E-state index contributed by atoms with van der Waals surface area (Å²) in [5, 5.41) is 8.75. The van der Waals surface area contributed by atoms with E-state index in [1.807, 2.05) is 66.8 Å². The van der Waals surface area contributed by atoms with Gasteiger partial charge in [-0.05, 0) is 60.4 Å². The molecule has 0 aromatic heterocycles. The predicted octanol–water partition coefficient (Wildman–Crippen LogP) is 5.80. The van der Waals surface area contributed by atoms with Crippen LogP contribution >= 0.6 is 47.2 Å². The van der Waals surface area contributed by atoms with E-state index in [9.17, 15) is 0 Å². The predicted molar refractivity (Wildman–Crippen MR) is 136 cm³/mol. The van der Waals surface area contributed by atoms with Gasteiger partial charge in [0.25, 0.3) is 0 Å². The molecule has 1 aliphatic rings. The van der Waals surface area contributed by atoms with Crippen LogP contribution in [0, 0.1) is 0 Å². The highest BCUT2D eigenvalue weighted by Crippen LogP contribution is 2.20. The zero-order valence-corrected chi connectivity index (χ0v) is 19.7. The molecule has 0 unspecified atom stereocenters. The molecular weight excluding hydrogens is 518 g/mol. The third-order valence-electron chi connectivity index (χ3n) is 4.32. The molecule has 4 nitrogen and oxygen atoms in total. The van der Waals surface area contributed by atoms with Crippen LogP contribution in [0.15, 0.2) is 70.8 Å². The third kappa shape index (κ3) is 7.17. The summed E-state index contributed by atoms with van der Waals surface area (Å²) in [6.45, 7) is 1.68. The number of nitrogens with one attached hydrogen (secondary N) is 1. The van der Waals surface area contributed by atoms with Gasteiger partial charge >= 0.3 is 0 Å². The Balaban J connectivity index is 0.00000300. The summed E-state index contributed by atoms with van der Waals surface area (Å²) in [6, 6.07) is 15.2. The molecule has 0 radical (unpaired) electrons. The highest BCUT2D eigenvalue weighted by atomic mass is 127. The van der Waals surface area contributed by atoms with Crippen LogP contribution in [0.5, 0.6) is 0 Å². The molecule has 2 aromatic rings. The van der Waals surface area contributed by atoms with E-state index in [0.29, 0.717) is 15.8 Å². The van der Waals surface area contributed by atoms with Crippen molar-refractivity contribution >= 4 is 70.4 Å². The molecule has 0 saturated heterocycles. The summed E-state index contributed by atoms with van der Waals surface area (Å²) in [5.74, 6) is 6.51. The van der Waals surface area contributed by atoms with Crippen molar-refractivity contribution in [2.24, 2.45) is 15.9 Å². The van der Waals surface area contributed by atoms with E-state index in [-0.39, 0.29) is 24.0 Å². The molecule has 3 rings (SSSR count). The number of amidine groups is 1. The highest BCUT2D eigenvalue weighted by molar-refractivity contribution is 14.0. The van der Waals surface area contributed by atoms with E-state index in [4.69, 9.17) is 34.0 Å². The average Bonchev–Trinajstić information content (AvgIpc) is 3.00. The number of benzene rings is 2. The van der Waals surface area contributed by atoms with Crippen LogP contribution in [-0.4, -0.2) is 24.6 Å². The minimum atomic E-state index is 0. The van der Waals surface area contributed by atoms with Gasteiger partial charge in [-0.25, -0.2) is 0 Å². The average molecular weight is 541 g/mol. The van der Waals surface area contributed by atoms with Gasteiger partial charge in [0.05, 0.1) is 5.71 Å². The molecule has 1 heterocycles. The molecule has 0 amide bonds. The number of halogens is 3. The van der Waals surface area contributed by atoms with Crippen LogP contribution < -0.4 is 11.2 Å². The Morgan fingerprint density at radius 3 is 2.31 bits per heavy atom. The molecule has 0 saturated carbocycles.